The van der Waals surface area contributed by atoms with Gasteiger partial charge in [-0.05, 0) is 74.4 Å². The number of halogens is 1. The van der Waals surface area contributed by atoms with E-state index >= 15 is 4.39 Å². The van der Waals surface area contributed by atoms with Crippen LogP contribution in [0, 0.1) is 31.5 Å². The highest BCUT2D eigenvalue weighted by atomic mass is 32.2. The van der Waals surface area contributed by atoms with Crippen LogP contribution in [0.3, 0.4) is 0 Å². The third-order valence-electron chi connectivity index (χ3n) is 6.74. The zero-order chi connectivity index (χ0) is 24.1. The lowest BCUT2D eigenvalue weighted by Gasteiger charge is -2.37. The topological polar surface area (TPSA) is 59.4 Å². The monoisotopic (exact) mass is 470 g/mol. The maximum absolute atomic E-state index is 15.3. The van der Waals surface area contributed by atoms with Crippen LogP contribution in [0.15, 0.2) is 51.1 Å². The Balaban J connectivity index is 1.91. The molecule has 7 heteroatoms. The summed E-state index contributed by atoms with van der Waals surface area (Å²) >= 11 is 0. The molecule has 0 saturated carbocycles. The molecule has 0 radical (unpaired) electrons. The van der Waals surface area contributed by atoms with Crippen molar-refractivity contribution in [3.05, 3.63) is 63.7 Å². The minimum Gasteiger partial charge on any atom is -0.369 e. The molecule has 176 valence electrons. The molecule has 1 saturated heterocycles. The molecule has 1 aromatic heterocycles. The van der Waals surface area contributed by atoms with Crippen molar-refractivity contribution >= 4 is 26.4 Å². The van der Waals surface area contributed by atoms with Gasteiger partial charge in [0.15, 0.2) is 0 Å². The molecule has 33 heavy (non-hydrogen) atoms. The predicted molar refractivity (Wildman–Crippen MR) is 130 cm³/mol. The van der Waals surface area contributed by atoms with Crippen LogP contribution in [0.2, 0.25) is 0 Å². The Hall–Kier alpha value is -2.67. The number of aromatic nitrogens is 1. The number of hydrogen-bond donors (Lipinski definition) is 0. The Morgan fingerprint density at radius 1 is 1.03 bits per heavy atom. The van der Waals surface area contributed by atoms with Crippen LogP contribution in [0.1, 0.15) is 38.3 Å². The standard InChI is InChI=1S/C26H31FN2O3S/c1-6-28-15-25(33(31,32)20-8-7-18(4)19(5)10-20)26(30)21-11-22(27)24(12-23(21)28)29-13-16(2)9-17(3)14-29/h7-8,10-12,15-17H,6,9,13-14H2,1-5H3/t16-,17-/m1/s1. The molecule has 5 nitrogen and oxygen atoms in total. The molecule has 0 bridgehead atoms. The fourth-order valence-corrected chi connectivity index (χ4v) is 6.39. The summed E-state index contributed by atoms with van der Waals surface area (Å²) in [6.07, 6.45) is 2.50. The molecular formula is C26H31FN2O3S. The predicted octanol–water partition coefficient (Wildman–Crippen LogP) is 5.09. The fraction of sp³-hybridized carbons (Fsp3) is 0.423. The molecule has 2 aromatic carbocycles. The Kier molecular flexibility index (Phi) is 6.12. The molecule has 1 aliphatic rings. The number of fused-ring (bicyclic) bond motifs is 1. The Morgan fingerprint density at radius 2 is 1.70 bits per heavy atom. The first kappa shape index (κ1) is 23.5. The van der Waals surface area contributed by atoms with E-state index in [0.717, 1.165) is 30.6 Å². The summed E-state index contributed by atoms with van der Waals surface area (Å²) < 4.78 is 43.8. The molecule has 2 heterocycles. The molecule has 4 rings (SSSR count). The van der Waals surface area contributed by atoms with E-state index in [-0.39, 0.29) is 15.2 Å². The van der Waals surface area contributed by atoms with Gasteiger partial charge in [0.25, 0.3) is 0 Å². The van der Waals surface area contributed by atoms with Gasteiger partial charge >= 0.3 is 0 Å². The Morgan fingerprint density at radius 3 is 2.30 bits per heavy atom. The third-order valence-corrected chi connectivity index (χ3v) is 8.49. The summed E-state index contributed by atoms with van der Waals surface area (Å²) in [5.41, 5.74) is 2.14. The zero-order valence-corrected chi connectivity index (χ0v) is 20.7. The van der Waals surface area contributed by atoms with Gasteiger partial charge in [-0.3, -0.25) is 4.79 Å². The average molecular weight is 471 g/mol. The van der Waals surface area contributed by atoms with E-state index in [0.29, 0.717) is 29.6 Å². The summed E-state index contributed by atoms with van der Waals surface area (Å²) in [4.78, 5) is 15.1. The van der Waals surface area contributed by atoms with E-state index in [1.165, 1.54) is 18.3 Å². The van der Waals surface area contributed by atoms with Crippen LogP contribution < -0.4 is 10.3 Å². The summed E-state index contributed by atoms with van der Waals surface area (Å²) in [5.74, 6) is 0.398. The number of aryl methyl sites for hydroxylation is 3. The van der Waals surface area contributed by atoms with Gasteiger partial charge in [0.2, 0.25) is 15.3 Å². The molecule has 1 aliphatic heterocycles. The van der Waals surface area contributed by atoms with Gasteiger partial charge in [0.1, 0.15) is 10.7 Å². The molecule has 0 N–H and O–H groups in total. The first-order chi connectivity index (χ1) is 15.5. The molecule has 2 atom stereocenters. The second kappa shape index (κ2) is 8.60. The second-order valence-corrected chi connectivity index (χ2v) is 11.4. The number of rotatable bonds is 4. The SMILES string of the molecule is CCn1cc(S(=O)(=O)c2ccc(C)c(C)c2)c(=O)c2cc(F)c(N3C[C@H](C)C[C@@H](C)C3)cc21. The maximum atomic E-state index is 15.3. The molecular weight excluding hydrogens is 439 g/mol. The van der Waals surface area contributed by atoms with Crippen molar-refractivity contribution in [1.29, 1.82) is 0 Å². The van der Waals surface area contributed by atoms with E-state index < -0.39 is 21.1 Å². The number of hydrogen-bond acceptors (Lipinski definition) is 4. The van der Waals surface area contributed by atoms with E-state index in [9.17, 15) is 13.2 Å². The second-order valence-electron chi connectivity index (χ2n) is 9.53. The van der Waals surface area contributed by atoms with E-state index in [4.69, 9.17) is 0 Å². The van der Waals surface area contributed by atoms with Gasteiger partial charge in [0.05, 0.1) is 21.5 Å². The van der Waals surface area contributed by atoms with Gasteiger partial charge in [-0.25, -0.2) is 12.8 Å². The highest BCUT2D eigenvalue weighted by molar-refractivity contribution is 7.91. The van der Waals surface area contributed by atoms with Crippen molar-refractivity contribution in [1.82, 2.24) is 4.57 Å². The highest BCUT2D eigenvalue weighted by Gasteiger charge is 2.27. The smallest absolute Gasteiger partial charge is 0.211 e. The third kappa shape index (κ3) is 4.19. The van der Waals surface area contributed by atoms with Crippen molar-refractivity contribution in [2.45, 2.75) is 57.4 Å². The van der Waals surface area contributed by atoms with E-state index in [1.807, 2.05) is 25.7 Å². The van der Waals surface area contributed by atoms with Crippen LogP contribution in [0.4, 0.5) is 10.1 Å². The van der Waals surface area contributed by atoms with Crippen LogP contribution in [0.25, 0.3) is 10.9 Å². The first-order valence-corrected chi connectivity index (χ1v) is 12.9. The molecule has 0 aliphatic carbocycles. The number of anilines is 1. The summed E-state index contributed by atoms with van der Waals surface area (Å²) in [5, 5.41) is 0.0844. The minimum atomic E-state index is -4.06. The van der Waals surface area contributed by atoms with Crippen molar-refractivity contribution in [3.8, 4) is 0 Å². The van der Waals surface area contributed by atoms with E-state index in [2.05, 4.69) is 13.8 Å². The molecule has 0 amide bonds. The Bertz CT molecular complexity index is 1380. The first-order valence-electron chi connectivity index (χ1n) is 11.5. The van der Waals surface area contributed by atoms with Gasteiger partial charge in [-0.15, -0.1) is 0 Å². The van der Waals surface area contributed by atoms with Crippen LogP contribution in [0.5, 0.6) is 0 Å². The molecule has 1 fully saturated rings. The fourth-order valence-electron chi connectivity index (χ4n) is 4.94. The van der Waals surface area contributed by atoms with Crippen molar-refractivity contribution in [2.75, 3.05) is 18.0 Å². The number of piperidine rings is 1. The average Bonchev–Trinajstić information content (AvgIpc) is 2.75. The molecule has 0 unspecified atom stereocenters. The van der Waals surface area contributed by atoms with Crippen LogP contribution in [-0.2, 0) is 16.4 Å². The normalized spacial score (nSPS) is 19.3. The van der Waals surface area contributed by atoms with E-state index in [1.54, 1.807) is 22.8 Å². The lowest BCUT2D eigenvalue weighted by atomic mass is 9.91. The largest absolute Gasteiger partial charge is 0.369 e. The van der Waals surface area contributed by atoms with Crippen molar-refractivity contribution < 1.29 is 12.8 Å². The summed E-state index contributed by atoms with van der Waals surface area (Å²) in [6, 6.07) is 7.73. The van der Waals surface area contributed by atoms with Crippen molar-refractivity contribution in [3.63, 3.8) is 0 Å². The van der Waals surface area contributed by atoms with Crippen molar-refractivity contribution in [2.24, 2.45) is 11.8 Å². The van der Waals surface area contributed by atoms with Gasteiger partial charge in [-0.2, -0.15) is 0 Å². The Labute approximate surface area is 194 Å². The lowest BCUT2D eigenvalue weighted by molar-refractivity contribution is 0.354. The van der Waals surface area contributed by atoms with Gasteiger partial charge in [0, 0.05) is 25.8 Å². The summed E-state index contributed by atoms with van der Waals surface area (Å²) in [7, 11) is -4.06. The van der Waals surface area contributed by atoms with Gasteiger partial charge < -0.3 is 9.47 Å². The number of nitrogens with zero attached hydrogens (tertiary/aromatic N) is 2. The van der Waals surface area contributed by atoms with Gasteiger partial charge in [-0.1, -0.05) is 19.9 Å². The number of sulfone groups is 1. The highest BCUT2D eigenvalue weighted by Crippen LogP contribution is 2.31. The molecule has 0 spiro atoms. The quantitative estimate of drug-likeness (QED) is 0.533. The number of pyridine rings is 1. The summed E-state index contributed by atoms with van der Waals surface area (Å²) in [6.45, 7) is 11.9. The molecule has 3 aromatic rings. The lowest BCUT2D eigenvalue weighted by Crippen LogP contribution is -2.39. The minimum absolute atomic E-state index is 0.0677. The van der Waals surface area contributed by atoms with Crippen LogP contribution in [-0.4, -0.2) is 26.1 Å². The number of benzene rings is 2. The van der Waals surface area contributed by atoms with Crippen LogP contribution >= 0.6 is 0 Å². The maximum Gasteiger partial charge on any atom is 0.211 e. The zero-order valence-electron chi connectivity index (χ0n) is 19.9.